The van der Waals surface area contributed by atoms with Crippen LogP contribution in [0.4, 0.5) is 10.1 Å². The minimum Gasteiger partial charge on any atom is -0.494 e. The van der Waals surface area contributed by atoms with Crippen LogP contribution in [0, 0.1) is 5.82 Å². The van der Waals surface area contributed by atoms with E-state index in [4.69, 9.17) is 14.2 Å². The minimum atomic E-state index is -0.493. The molecule has 0 aliphatic carbocycles. The smallest absolute Gasteiger partial charge is 0.228 e. The topological polar surface area (TPSA) is 56.8 Å². The largest absolute Gasteiger partial charge is 0.494 e. The number of halogens is 1. The molecule has 0 radical (unpaired) electrons. The van der Waals surface area contributed by atoms with Crippen molar-refractivity contribution < 1.29 is 23.4 Å². The molecule has 0 aromatic heterocycles. The Morgan fingerprint density at radius 1 is 1.31 bits per heavy atom. The fraction of sp³-hybridized carbons (Fsp3) is 0.350. The van der Waals surface area contributed by atoms with Crippen molar-refractivity contribution in [1.29, 1.82) is 0 Å². The number of hydrogen-bond donors (Lipinski definition) is 1. The van der Waals surface area contributed by atoms with Crippen LogP contribution in [0.15, 0.2) is 30.3 Å². The highest BCUT2D eigenvalue weighted by atomic mass is 19.1. The second-order valence-corrected chi connectivity index (χ2v) is 6.22. The van der Waals surface area contributed by atoms with Crippen LogP contribution >= 0.6 is 0 Å². The fourth-order valence-electron chi connectivity index (χ4n) is 3.01. The first-order valence-electron chi connectivity index (χ1n) is 8.58. The van der Waals surface area contributed by atoms with E-state index in [0.717, 1.165) is 17.7 Å². The Labute approximate surface area is 152 Å². The van der Waals surface area contributed by atoms with Gasteiger partial charge in [-0.2, -0.15) is 0 Å². The van der Waals surface area contributed by atoms with Gasteiger partial charge in [0, 0.05) is 18.1 Å². The van der Waals surface area contributed by atoms with Crippen LogP contribution in [0.5, 0.6) is 17.2 Å². The van der Waals surface area contributed by atoms with Gasteiger partial charge in [-0.15, -0.1) is 0 Å². The third-order valence-corrected chi connectivity index (χ3v) is 4.15. The van der Waals surface area contributed by atoms with Gasteiger partial charge in [0.2, 0.25) is 5.91 Å². The molecule has 1 atom stereocenters. The van der Waals surface area contributed by atoms with Crippen molar-refractivity contribution in [2.45, 2.75) is 32.8 Å². The fourth-order valence-corrected chi connectivity index (χ4v) is 3.01. The lowest BCUT2D eigenvalue weighted by Gasteiger charge is -2.14. The Hall–Kier alpha value is -2.76. The molecule has 0 spiro atoms. The van der Waals surface area contributed by atoms with Gasteiger partial charge in [-0.3, -0.25) is 4.79 Å². The summed E-state index contributed by atoms with van der Waals surface area (Å²) in [6.07, 6.45) is 0.961. The van der Waals surface area contributed by atoms with Crippen molar-refractivity contribution in [3.8, 4) is 17.2 Å². The van der Waals surface area contributed by atoms with E-state index in [9.17, 15) is 9.18 Å². The molecule has 0 bridgehead atoms. The van der Waals surface area contributed by atoms with E-state index in [0.29, 0.717) is 23.6 Å². The maximum absolute atomic E-state index is 13.8. The molecule has 0 unspecified atom stereocenters. The zero-order valence-electron chi connectivity index (χ0n) is 15.1. The zero-order chi connectivity index (χ0) is 18.7. The number of fused-ring (bicyclic) bond motifs is 1. The van der Waals surface area contributed by atoms with Gasteiger partial charge in [-0.25, -0.2) is 4.39 Å². The number of rotatable bonds is 6. The maximum Gasteiger partial charge on any atom is 0.228 e. The molecule has 0 fully saturated rings. The summed E-state index contributed by atoms with van der Waals surface area (Å²) < 4.78 is 30.1. The number of hydrogen-bond acceptors (Lipinski definition) is 4. The quantitative estimate of drug-likeness (QED) is 0.854. The first-order valence-corrected chi connectivity index (χ1v) is 8.58. The van der Waals surface area contributed by atoms with Gasteiger partial charge in [0.15, 0.2) is 11.6 Å². The minimum absolute atomic E-state index is 0.0425. The van der Waals surface area contributed by atoms with E-state index in [1.54, 1.807) is 12.1 Å². The highest BCUT2D eigenvalue weighted by Gasteiger charge is 2.22. The molecule has 1 aliphatic heterocycles. The Morgan fingerprint density at radius 2 is 2.12 bits per heavy atom. The van der Waals surface area contributed by atoms with E-state index in [1.807, 2.05) is 19.9 Å². The molecular weight excluding hydrogens is 337 g/mol. The summed E-state index contributed by atoms with van der Waals surface area (Å²) >= 11 is 0. The predicted octanol–water partition coefficient (Wildman–Crippen LogP) is 3.74. The number of nitrogens with one attached hydrogen (secondary N) is 1. The van der Waals surface area contributed by atoms with E-state index >= 15 is 0 Å². The molecule has 0 saturated heterocycles. The van der Waals surface area contributed by atoms with Crippen LogP contribution in [0.1, 0.15) is 25.0 Å². The summed E-state index contributed by atoms with van der Waals surface area (Å²) in [6.45, 7) is 4.37. The van der Waals surface area contributed by atoms with Crippen LogP contribution in [-0.4, -0.2) is 25.7 Å². The second kappa shape index (κ2) is 7.64. The van der Waals surface area contributed by atoms with Crippen LogP contribution in [0.2, 0.25) is 0 Å². The average molecular weight is 359 g/mol. The highest BCUT2D eigenvalue weighted by Crippen LogP contribution is 2.38. The van der Waals surface area contributed by atoms with Crippen LogP contribution < -0.4 is 19.5 Å². The number of methoxy groups -OCH3 is 1. The number of carbonyl (C=O) groups is 1. The molecule has 6 heteroatoms. The number of anilines is 1. The molecule has 2 aromatic carbocycles. The third-order valence-electron chi connectivity index (χ3n) is 4.15. The molecule has 3 rings (SSSR count). The summed E-state index contributed by atoms with van der Waals surface area (Å²) in [5.41, 5.74) is 2.18. The lowest BCUT2D eigenvalue weighted by Crippen LogP contribution is -2.15. The monoisotopic (exact) mass is 359 g/mol. The van der Waals surface area contributed by atoms with Crippen molar-refractivity contribution in [1.82, 2.24) is 0 Å². The molecule has 1 aliphatic rings. The maximum atomic E-state index is 13.8. The van der Waals surface area contributed by atoms with Gasteiger partial charge < -0.3 is 19.5 Å². The molecule has 2 aromatic rings. The van der Waals surface area contributed by atoms with E-state index in [1.165, 1.54) is 19.2 Å². The summed E-state index contributed by atoms with van der Waals surface area (Å²) in [7, 11) is 1.40. The Balaban J connectivity index is 1.76. The van der Waals surface area contributed by atoms with Crippen LogP contribution in [0.3, 0.4) is 0 Å². The molecule has 0 saturated carbocycles. The normalized spacial score (nSPS) is 15.2. The Kier molecular flexibility index (Phi) is 5.30. The highest BCUT2D eigenvalue weighted by molar-refractivity contribution is 5.94. The van der Waals surface area contributed by atoms with Gasteiger partial charge in [0.05, 0.1) is 25.8 Å². The SMILES string of the molecule is CCOc1cc2c(cc1NC(=O)Cc1ccc(OC)c(F)c1)O[C@H](C)C2. The van der Waals surface area contributed by atoms with Gasteiger partial charge in [-0.05, 0) is 37.6 Å². The number of carbonyl (C=O) groups excluding carboxylic acids is 1. The molecule has 1 heterocycles. The molecule has 26 heavy (non-hydrogen) atoms. The van der Waals surface area contributed by atoms with Gasteiger partial charge >= 0.3 is 0 Å². The molecular formula is C20H22FNO4. The number of ether oxygens (including phenoxy) is 3. The first kappa shape index (κ1) is 18.0. The van der Waals surface area contributed by atoms with E-state index in [2.05, 4.69) is 5.32 Å². The Morgan fingerprint density at radius 3 is 2.81 bits per heavy atom. The van der Waals surface area contributed by atoms with Crippen molar-refractivity contribution in [2.75, 3.05) is 19.0 Å². The van der Waals surface area contributed by atoms with E-state index < -0.39 is 5.82 Å². The van der Waals surface area contributed by atoms with Gasteiger partial charge in [-0.1, -0.05) is 6.07 Å². The van der Waals surface area contributed by atoms with Gasteiger partial charge in [0.25, 0.3) is 0 Å². The van der Waals surface area contributed by atoms with Crippen molar-refractivity contribution in [3.63, 3.8) is 0 Å². The Bertz CT molecular complexity index is 822. The summed E-state index contributed by atoms with van der Waals surface area (Å²) in [5, 5.41) is 2.84. The standard InChI is InChI=1S/C20H22FNO4/c1-4-25-19-10-14-7-12(2)26-18(14)11-16(19)22-20(23)9-13-5-6-17(24-3)15(21)8-13/h5-6,8,10-12H,4,7,9H2,1-3H3,(H,22,23)/t12-/m1/s1. The number of amides is 1. The average Bonchev–Trinajstić information content (AvgIpc) is 2.94. The molecule has 138 valence electrons. The van der Waals surface area contributed by atoms with Crippen LogP contribution in [-0.2, 0) is 17.6 Å². The zero-order valence-corrected chi connectivity index (χ0v) is 15.1. The third kappa shape index (κ3) is 3.90. The van der Waals surface area contributed by atoms with Gasteiger partial charge in [0.1, 0.15) is 17.6 Å². The van der Waals surface area contributed by atoms with Crippen molar-refractivity contribution >= 4 is 11.6 Å². The lowest BCUT2D eigenvalue weighted by atomic mass is 10.1. The van der Waals surface area contributed by atoms with Crippen LogP contribution in [0.25, 0.3) is 0 Å². The molecule has 5 nitrogen and oxygen atoms in total. The second-order valence-electron chi connectivity index (χ2n) is 6.22. The summed E-state index contributed by atoms with van der Waals surface area (Å²) in [6, 6.07) is 8.17. The first-order chi connectivity index (χ1) is 12.5. The van der Waals surface area contributed by atoms with Crippen molar-refractivity contribution in [3.05, 3.63) is 47.3 Å². The van der Waals surface area contributed by atoms with E-state index in [-0.39, 0.29) is 24.2 Å². The number of benzene rings is 2. The summed E-state index contributed by atoms with van der Waals surface area (Å²) in [5.74, 6) is 0.761. The molecule has 1 amide bonds. The van der Waals surface area contributed by atoms with Crippen molar-refractivity contribution in [2.24, 2.45) is 0 Å². The molecule has 1 N–H and O–H groups in total. The lowest BCUT2D eigenvalue weighted by molar-refractivity contribution is -0.115. The predicted molar refractivity (Wildman–Crippen MR) is 96.7 cm³/mol. The summed E-state index contributed by atoms with van der Waals surface area (Å²) in [4.78, 5) is 12.4.